The minimum atomic E-state index is -0.450. The molecule has 2 aliphatic rings. The van der Waals surface area contributed by atoms with E-state index in [4.69, 9.17) is 10.3 Å². The maximum absolute atomic E-state index is 13.0. The average Bonchev–Trinajstić information content (AvgIpc) is 3.39. The van der Waals surface area contributed by atoms with E-state index in [2.05, 4.69) is 15.1 Å². The quantitative estimate of drug-likeness (QED) is 0.694. The molecule has 9 heteroatoms. The zero-order valence-electron chi connectivity index (χ0n) is 15.6. The first kappa shape index (κ1) is 19.5. The van der Waals surface area contributed by atoms with E-state index in [1.807, 2.05) is 0 Å². The van der Waals surface area contributed by atoms with E-state index >= 15 is 0 Å². The van der Waals surface area contributed by atoms with Crippen molar-refractivity contribution in [3.8, 4) is 0 Å². The second-order valence-electron chi connectivity index (χ2n) is 7.76. The number of hydrogen-bond acceptors (Lipinski definition) is 7. The van der Waals surface area contributed by atoms with Crippen molar-refractivity contribution in [2.45, 2.75) is 69.9 Å². The number of aromatic nitrogens is 4. The fourth-order valence-electron chi connectivity index (χ4n) is 4.34. The monoisotopic (exact) mass is 421 g/mol. The highest BCUT2D eigenvalue weighted by Gasteiger charge is 2.35. The molecule has 28 heavy (non-hydrogen) atoms. The van der Waals surface area contributed by atoms with Gasteiger partial charge in [-0.1, -0.05) is 18.0 Å². The second-order valence-corrected chi connectivity index (χ2v) is 8.84. The number of halogens is 1. The van der Waals surface area contributed by atoms with Crippen LogP contribution in [0, 0.1) is 0 Å². The fraction of sp³-hybridized carbons (Fsp3) is 0.579. The van der Waals surface area contributed by atoms with Crippen LogP contribution >= 0.6 is 23.7 Å². The standard InChI is InChI=1S/C19H23N5O2S.ClH/c20-19(8-3-4-9-19)18-22-14(26-23-18)7-10-24-11-21-16-15(17(24)25)12-5-1-2-6-13(12)27-16;/h11H,1-10,20H2;1H. The van der Waals surface area contributed by atoms with E-state index < -0.39 is 5.54 Å². The summed E-state index contributed by atoms with van der Waals surface area (Å²) in [6, 6.07) is 0. The molecule has 0 radical (unpaired) electrons. The first-order valence-electron chi connectivity index (χ1n) is 9.76. The molecule has 0 atom stereocenters. The van der Waals surface area contributed by atoms with Crippen molar-refractivity contribution >= 4 is 34.0 Å². The third kappa shape index (κ3) is 3.27. The molecular formula is C19H24ClN5O2S. The average molecular weight is 422 g/mol. The van der Waals surface area contributed by atoms with E-state index in [1.54, 1.807) is 22.2 Å². The predicted molar refractivity (Wildman–Crippen MR) is 110 cm³/mol. The largest absolute Gasteiger partial charge is 0.339 e. The summed E-state index contributed by atoms with van der Waals surface area (Å²) in [5.74, 6) is 1.13. The third-order valence-electron chi connectivity index (χ3n) is 5.92. The molecule has 0 amide bonds. The SMILES string of the molecule is Cl.NC1(c2noc(CCn3cnc4sc5c(c4c3=O)CCCC5)n2)CCCC1. The van der Waals surface area contributed by atoms with Crippen LogP contribution in [-0.2, 0) is 31.3 Å². The van der Waals surface area contributed by atoms with Gasteiger partial charge >= 0.3 is 0 Å². The normalized spacial score (nSPS) is 18.2. The van der Waals surface area contributed by atoms with Crippen molar-refractivity contribution in [2.24, 2.45) is 5.73 Å². The van der Waals surface area contributed by atoms with Gasteiger partial charge in [0.2, 0.25) is 5.89 Å². The van der Waals surface area contributed by atoms with Gasteiger partial charge < -0.3 is 10.3 Å². The zero-order chi connectivity index (χ0) is 18.4. The Morgan fingerprint density at radius 3 is 2.82 bits per heavy atom. The minimum absolute atomic E-state index is 0. The Hall–Kier alpha value is -1.77. The molecule has 1 fully saturated rings. The van der Waals surface area contributed by atoms with Crippen LogP contribution in [0.4, 0.5) is 0 Å². The van der Waals surface area contributed by atoms with Crippen molar-refractivity contribution in [2.75, 3.05) is 0 Å². The van der Waals surface area contributed by atoms with Gasteiger partial charge in [-0.15, -0.1) is 23.7 Å². The van der Waals surface area contributed by atoms with Crippen LogP contribution in [0.1, 0.15) is 60.7 Å². The lowest BCUT2D eigenvalue weighted by molar-refractivity contribution is 0.344. The van der Waals surface area contributed by atoms with Crippen molar-refractivity contribution in [3.63, 3.8) is 0 Å². The van der Waals surface area contributed by atoms with E-state index in [1.165, 1.54) is 16.9 Å². The first-order chi connectivity index (χ1) is 13.1. The predicted octanol–water partition coefficient (Wildman–Crippen LogP) is 3.11. The maximum atomic E-state index is 13.0. The van der Waals surface area contributed by atoms with Gasteiger partial charge in [-0.2, -0.15) is 4.98 Å². The Balaban J connectivity index is 0.00000192. The van der Waals surface area contributed by atoms with E-state index in [0.29, 0.717) is 24.7 Å². The number of aryl methyl sites for hydroxylation is 4. The Morgan fingerprint density at radius 1 is 1.21 bits per heavy atom. The summed E-state index contributed by atoms with van der Waals surface area (Å²) in [4.78, 5) is 24.2. The molecule has 5 rings (SSSR count). The van der Waals surface area contributed by atoms with Crippen molar-refractivity contribution in [1.82, 2.24) is 19.7 Å². The molecule has 0 aromatic carbocycles. The highest BCUT2D eigenvalue weighted by molar-refractivity contribution is 7.18. The summed E-state index contributed by atoms with van der Waals surface area (Å²) in [5.41, 5.74) is 7.21. The third-order valence-corrected chi connectivity index (χ3v) is 7.12. The fourth-order valence-corrected chi connectivity index (χ4v) is 5.56. The molecule has 150 valence electrons. The van der Waals surface area contributed by atoms with E-state index in [0.717, 1.165) is 55.2 Å². The lowest BCUT2D eigenvalue weighted by atomic mass is 9.97. The van der Waals surface area contributed by atoms with Crippen molar-refractivity contribution < 1.29 is 4.52 Å². The van der Waals surface area contributed by atoms with Gasteiger partial charge in [-0.25, -0.2) is 4.98 Å². The zero-order valence-corrected chi connectivity index (χ0v) is 17.3. The van der Waals surface area contributed by atoms with E-state index in [9.17, 15) is 4.79 Å². The molecule has 3 aromatic heterocycles. The molecule has 2 N–H and O–H groups in total. The van der Waals surface area contributed by atoms with Gasteiger partial charge in [0.15, 0.2) is 5.82 Å². The molecule has 3 aromatic rings. The second kappa shape index (κ2) is 7.57. The topological polar surface area (TPSA) is 99.8 Å². The lowest BCUT2D eigenvalue weighted by Gasteiger charge is -2.17. The molecule has 3 heterocycles. The molecule has 2 aliphatic carbocycles. The highest BCUT2D eigenvalue weighted by Crippen LogP contribution is 2.35. The summed E-state index contributed by atoms with van der Waals surface area (Å²) >= 11 is 1.67. The molecule has 7 nitrogen and oxygen atoms in total. The smallest absolute Gasteiger partial charge is 0.262 e. The number of rotatable bonds is 4. The molecular weight excluding hydrogens is 398 g/mol. The van der Waals surface area contributed by atoms with Crippen LogP contribution in [0.3, 0.4) is 0 Å². The van der Waals surface area contributed by atoms with Crippen LogP contribution in [0.25, 0.3) is 10.2 Å². The summed E-state index contributed by atoms with van der Waals surface area (Å²) in [7, 11) is 0. The minimum Gasteiger partial charge on any atom is -0.339 e. The van der Waals surface area contributed by atoms with Gasteiger partial charge in [-0.3, -0.25) is 9.36 Å². The van der Waals surface area contributed by atoms with Crippen LogP contribution in [0.5, 0.6) is 0 Å². The van der Waals surface area contributed by atoms with Crippen LogP contribution in [0.2, 0.25) is 0 Å². The summed E-state index contributed by atoms with van der Waals surface area (Å²) < 4.78 is 7.06. The number of fused-ring (bicyclic) bond motifs is 3. The first-order valence-corrected chi connectivity index (χ1v) is 10.6. The number of hydrogen-bond donors (Lipinski definition) is 1. The van der Waals surface area contributed by atoms with Gasteiger partial charge in [-0.05, 0) is 44.1 Å². The maximum Gasteiger partial charge on any atom is 0.262 e. The Kier molecular flexibility index (Phi) is 5.28. The Morgan fingerprint density at radius 2 is 2.00 bits per heavy atom. The van der Waals surface area contributed by atoms with Crippen LogP contribution in [0.15, 0.2) is 15.6 Å². The summed E-state index contributed by atoms with van der Waals surface area (Å²) in [5, 5.41) is 4.91. The van der Waals surface area contributed by atoms with Gasteiger partial charge in [0.05, 0.1) is 17.3 Å². The van der Waals surface area contributed by atoms with Gasteiger partial charge in [0, 0.05) is 17.8 Å². The van der Waals surface area contributed by atoms with Crippen molar-refractivity contribution in [3.05, 3.63) is 38.8 Å². The van der Waals surface area contributed by atoms with Crippen molar-refractivity contribution in [1.29, 1.82) is 0 Å². The molecule has 0 bridgehead atoms. The van der Waals surface area contributed by atoms with E-state index in [-0.39, 0.29) is 18.0 Å². The Labute approximate surface area is 172 Å². The van der Waals surface area contributed by atoms with Gasteiger partial charge in [0.25, 0.3) is 5.56 Å². The summed E-state index contributed by atoms with van der Waals surface area (Å²) in [6.07, 6.45) is 10.6. The Bertz CT molecular complexity index is 1050. The number of nitrogens with two attached hydrogens (primary N) is 1. The van der Waals surface area contributed by atoms with Crippen LogP contribution < -0.4 is 11.3 Å². The molecule has 0 saturated heterocycles. The molecule has 1 saturated carbocycles. The van der Waals surface area contributed by atoms with Crippen LogP contribution in [-0.4, -0.2) is 19.7 Å². The summed E-state index contributed by atoms with van der Waals surface area (Å²) in [6.45, 7) is 0.478. The lowest BCUT2D eigenvalue weighted by Crippen LogP contribution is -2.34. The number of thiophene rings is 1. The molecule has 0 unspecified atom stereocenters. The van der Waals surface area contributed by atoms with Gasteiger partial charge in [0.1, 0.15) is 4.83 Å². The molecule has 0 aliphatic heterocycles. The highest BCUT2D eigenvalue weighted by atomic mass is 35.5. The molecule has 0 spiro atoms. The number of nitrogens with zero attached hydrogens (tertiary/aromatic N) is 4.